The van der Waals surface area contributed by atoms with Gasteiger partial charge in [-0.25, -0.2) is 0 Å². The fraction of sp³-hybridized carbons (Fsp3) is 0.308. The maximum Gasteiger partial charge on any atom is 0.271 e. The number of Topliss-reactive ketones (excluding diaryl/α,β-unsaturated/α-hetero) is 1. The van der Waals surface area contributed by atoms with E-state index >= 15 is 0 Å². The summed E-state index contributed by atoms with van der Waals surface area (Å²) in [5.41, 5.74) is 3.88. The van der Waals surface area contributed by atoms with Crippen LogP contribution in [0, 0.1) is 21.6 Å². The lowest BCUT2D eigenvalue weighted by Crippen LogP contribution is -2.16. The van der Waals surface area contributed by atoms with Crippen molar-refractivity contribution in [2.45, 2.75) is 26.6 Å². The van der Waals surface area contributed by atoms with Crippen LogP contribution in [0.3, 0.4) is 0 Å². The van der Waals surface area contributed by atoms with Gasteiger partial charge in [0.25, 0.3) is 5.69 Å². The van der Waals surface area contributed by atoms with Gasteiger partial charge in [-0.05, 0) is 13.0 Å². The van der Waals surface area contributed by atoms with Crippen LogP contribution in [0.15, 0.2) is 18.2 Å². The number of hydrogen-bond donors (Lipinski definition) is 0. The van der Waals surface area contributed by atoms with Crippen LogP contribution in [0.2, 0.25) is 19.6 Å². The van der Waals surface area contributed by atoms with E-state index in [2.05, 4.69) is 31.1 Å². The summed E-state index contributed by atoms with van der Waals surface area (Å²) in [5.74, 6) is 2.73. The molecule has 1 aromatic rings. The molecule has 0 N–H and O–H groups in total. The molecule has 0 radical (unpaired) electrons. The summed E-state index contributed by atoms with van der Waals surface area (Å²) in [6.45, 7) is 7.64. The first kappa shape index (κ1) is 14.1. The minimum Gasteiger partial charge on any atom is -0.295 e. The Labute approximate surface area is 107 Å². The van der Waals surface area contributed by atoms with Gasteiger partial charge in [0.15, 0.2) is 5.78 Å². The van der Waals surface area contributed by atoms with Gasteiger partial charge in [-0.2, -0.15) is 0 Å². The molecule has 0 saturated carbocycles. The summed E-state index contributed by atoms with van der Waals surface area (Å²) in [5, 5.41) is 10.8. The zero-order chi connectivity index (χ0) is 13.9. The Morgan fingerprint density at radius 2 is 1.89 bits per heavy atom. The highest BCUT2D eigenvalue weighted by molar-refractivity contribution is 6.83. The van der Waals surface area contributed by atoms with Crippen molar-refractivity contribution in [3.63, 3.8) is 0 Å². The second-order valence-electron chi connectivity index (χ2n) is 5.08. The number of nitro groups is 1. The lowest BCUT2D eigenvalue weighted by atomic mass is 10.1. The van der Waals surface area contributed by atoms with Gasteiger partial charge in [0.1, 0.15) is 8.07 Å². The number of nitrogens with zero attached hydrogens (tertiary/aromatic N) is 1. The summed E-state index contributed by atoms with van der Waals surface area (Å²) in [6, 6.07) is 4.28. The summed E-state index contributed by atoms with van der Waals surface area (Å²) < 4.78 is 0. The number of rotatable bonds is 2. The Bertz CT molecular complexity index is 530. The van der Waals surface area contributed by atoms with Crippen molar-refractivity contribution in [3.8, 4) is 11.5 Å². The van der Waals surface area contributed by atoms with Crippen LogP contribution < -0.4 is 0 Å². The van der Waals surface area contributed by atoms with Crippen molar-refractivity contribution in [3.05, 3.63) is 39.4 Å². The van der Waals surface area contributed by atoms with Crippen molar-refractivity contribution in [2.24, 2.45) is 0 Å². The van der Waals surface area contributed by atoms with E-state index in [9.17, 15) is 14.9 Å². The smallest absolute Gasteiger partial charge is 0.271 e. The van der Waals surface area contributed by atoms with Gasteiger partial charge in [-0.15, -0.1) is 5.54 Å². The molecule has 94 valence electrons. The first-order valence-electron chi connectivity index (χ1n) is 5.52. The van der Waals surface area contributed by atoms with E-state index in [-0.39, 0.29) is 11.5 Å². The number of non-ortho nitro benzene ring substituents is 1. The van der Waals surface area contributed by atoms with Gasteiger partial charge in [0, 0.05) is 23.3 Å². The van der Waals surface area contributed by atoms with E-state index in [1.54, 1.807) is 6.07 Å². The van der Waals surface area contributed by atoms with E-state index in [0.29, 0.717) is 11.1 Å². The third kappa shape index (κ3) is 4.15. The molecule has 0 heterocycles. The van der Waals surface area contributed by atoms with Gasteiger partial charge < -0.3 is 0 Å². The van der Waals surface area contributed by atoms with Crippen LogP contribution in [-0.2, 0) is 0 Å². The Morgan fingerprint density at radius 3 is 2.33 bits per heavy atom. The Balaban J connectivity index is 3.31. The maximum absolute atomic E-state index is 11.3. The van der Waals surface area contributed by atoms with E-state index in [0.717, 1.165) is 0 Å². The second-order valence-corrected chi connectivity index (χ2v) is 9.83. The van der Waals surface area contributed by atoms with Crippen LogP contribution in [0.1, 0.15) is 22.8 Å². The monoisotopic (exact) mass is 261 g/mol. The largest absolute Gasteiger partial charge is 0.295 e. The number of hydrogen-bond acceptors (Lipinski definition) is 3. The molecule has 0 aliphatic rings. The molecule has 1 aromatic carbocycles. The van der Waals surface area contributed by atoms with Gasteiger partial charge in [0.2, 0.25) is 0 Å². The third-order valence-corrected chi connectivity index (χ3v) is 2.99. The molecule has 18 heavy (non-hydrogen) atoms. The lowest BCUT2D eigenvalue weighted by molar-refractivity contribution is -0.384. The molecule has 0 aliphatic heterocycles. The SMILES string of the molecule is CC(=O)c1cc(C#C[Si](C)(C)C)cc([N+](=O)[O-])c1. The number of carbonyl (C=O) groups excluding carboxylic acids is 1. The molecular formula is C13H15NO3Si. The molecule has 0 unspecified atom stereocenters. The number of ketones is 1. The lowest BCUT2D eigenvalue weighted by Gasteiger charge is -2.04. The minimum absolute atomic E-state index is 0.0948. The predicted octanol–water partition coefficient (Wildman–Crippen LogP) is 3.03. The van der Waals surface area contributed by atoms with Crippen LogP contribution in [0.4, 0.5) is 5.69 Å². The van der Waals surface area contributed by atoms with Gasteiger partial charge in [-0.3, -0.25) is 14.9 Å². The Kier molecular flexibility index (Phi) is 4.04. The molecule has 0 bridgehead atoms. The molecule has 0 amide bonds. The standard InChI is InChI=1S/C13H15NO3Si/c1-10(15)12-7-11(5-6-18(2,3)4)8-13(9-12)14(16)17/h7-9H,1-4H3. The maximum atomic E-state index is 11.3. The normalized spacial score (nSPS) is 10.4. The van der Waals surface area contributed by atoms with Crippen LogP contribution in [0.25, 0.3) is 0 Å². The first-order valence-corrected chi connectivity index (χ1v) is 9.02. The van der Waals surface area contributed by atoms with Crippen molar-refractivity contribution in [1.82, 2.24) is 0 Å². The van der Waals surface area contributed by atoms with Crippen molar-refractivity contribution in [2.75, 3.05) is 0 Å². The molecule has 0 aromatic heterocycles. The van der Waals surface area contributed by atoms with Crippen molar-refractivity contribution in [1.29, 1.82) is 0 Å². The van der Waals surface area contributed by atoms with Gasteiger partial charge in [-0.1, -0.05) is 25.6 Å². The van der Waals surface area contributed by atoms with Gasteiger partial charge in [0.05, 0.1) is 4.92 Å². The molecule has 0 aliphatic carbocycles. The fourth-order valence-corrected chi connectivity index (χ4v) is 1.77. The molecule has 0 atom stereocenters. The van der Waals surface area contributed by atoms with E-state index < -0.39 is 13.0 Å². The van der Waals surface area contributed by atoms with Crippen molar-refractivity contribution >= 4 is 19.5 Å². The highest BCUT2D eigenvalue weighted by Gasteiger charge is 2.12. The molecule has 1 rings (SSSR count). The second kappa shape index (κ2) is 5.15. The summed E-state index contributed by atoms with van der Waals surface area (Å²) in [7, 11) is -1.55. The minimum atomic E-state index is -1.55. The predicted molar refractivity (Wildman–Crippen MR) is 73.3 cm³/mol. The Morgan fingerprint density at radius 1 is 1.28 bits per heavy atom. The molecule has 4 nitrogen and oxygen atoms in total. The van der Waals surface area contributed by atoms with Crippen LogP contribution in [-0.4, -0.2) is 18.8 Å². The van der Waals surface area contributed by atoms with E-state index in [1.807, 2.05) is 0 Å². The third-order valence-electron chi connectivity index (χ3n) is 2.12. The average Bonchev–Trinajstić information content (AvgIpc) is 2.25. The highest BCUT2D eigenvalue weighted by atomic mass is 28.3. The summed E-state index contributed by atoms with van der Waals surface area (Å²) >= 11 is 0. The molecule has 0 saturated heterocycles. The summed E-state index contributed by atoms with van der Waals surface area (Å²) in [6.07, 6.45) is 0. The number of benzene rings is 1. The molecular weight excluding hydrogens is 246 g/mol. The Hall–Kier alpha value is -1.93. The fourth-order valence-electron chi connectivity index (χ4n) is 1.25. The van der Waals surface area contributed by atoms with Crippen LogP contribution in [0.5, 0.6) is 0 Å². The molecule has 0 spiro atoms. The quantitative estimate of drug-likeness (QED) is 0.270. The van der Waals surface area contributed by atoms with Crippen molar-refractivity contribution < 1.29 is 9.72 Å². The number of nitro benzene ring substituents is 1. The zero-order valence-corrected chi connectivity index (χ0v) is 11.9. The zero-order valence-electron chi connectivity index (χ0n) is 10.9. The first-order chi connectivity index (χ1) is 8.19. The topological polar surface area (TPSA) is 60.2 Å². The average molecular weight is 261 g/mol. The summed E-state index contributed by atoms with van der Waals surface area (Å²) in [4.78, 5) is 21.6. The van der Waals surface area contributed by atoms with E-state index in [4.69, 9.17) is 0 Å². The van der Waals surface area contributed by atoms with E-state index in [1.165, 1.54) is 19.1 Å². The highest BCUT2D eigenvalue weighted by Crippen LogP contribution is 2.17. The van der Waals surface area contributed by atoms with Gasteiger partial charge >= 0.3 is 0 Å². The van der Waals surface area contributed by atoms with Crippen LogP contribution >= 0.6 is 0 Å². The number of carbonyl (C=O) groups is 1. The molecule has 5 heteroatoms. The molecule has 0 fully saturated rings.